The van der Waals surface area contributed by atoms with Crippen LogP contribution in [0.25, 0.3) is 10.9 Å². The Balaban J connectivity index is 2.65. The van der Waals surface area contributed by atoms with Crippen LogP contribution in [0.15, 0.2) is 30.3 Å². The molecule has 0 saturated carbocycles. The van der Waals surface area contributed by atoms with Crippen molar-refractivity contribution < 1.29 is 23.2 Å². The number of benzene rings is 1. The van der Waals surface area contributed by atoms with Gasteiger partial charge in [-0.25, -0.2) is 4.98 Å². The number of alkyl halides is 3. The first kappa shape index (κ1) is 11.9. The molecule has 0 fully saturated rings. The normalized spacial score (nSPS) is 11.8. The van der Waals surface area contributed by atoms with E-state index < -0.39 is 19.0 Å². The molecule has 3 nitrogen and oxygen atoms in total. The molecule has 2 aromatic rings. The molecule has 1 aromatic heterocycles. The molecule has 1 aromatic carbocycles. The Bertz CT molecular complexity index is 557. The Kier molecular flexibility index (Phi) is 2.80. The largest absolute Gasteiger partial charge is 0.489 e. The summed E-state index contributed by atoms with van der Waals surface area (Å²) in [5.41, 5.74) is -0.802. The molecule has 0 unspecified atom stereocenters. The summed E-state index contributed by atoms with van der Waals surface area (Å²) in [6.45, 7) is 0. The lowest BCUT2D eigenvalue weighted by molar-refractivity contribution is -0.140. The van der Waals surface area contributed by atoms with E-state index in [1.54, 1.807) is 0 Å². The van der Waals surface area contributed by atoms with Crippen LogP contribution in [0, 0.1) is 0 Å². The van der Waals surface area contributed by atoms with Gasteiger partial charge in [0.15, 0.2) is 0 Å². The summed E-state index contributed by atoms with van der Waals surface area (Å²) in [5.74, 6) is 0. The number of hydrogen-bond donors (Lipinski definition) is 2. The van der Waals surface area contributed by atoms with Gasteiger partial charge in [-0.15, -0.1) is 0 Å². The molecule has 1 heterocycles. The third kappa shape index (κ3) is 2.25. The number of rotatable bonds is 1. The molecule has 0 spiro atoms. The molecule has 0 radical (unpaired) electrons. The van der Waals surface area contributed by atoms with Crippen LogP contribution in [-0.2, 0) is 6.18 Å². The summed E-state index contributed by atoms with van der Waals surface area (Å²) in [6, 6.07) is 6.22. The van der Waals surface area contributed by atoms with Gasteiger partial charge < -0.3 is 10.0 Å². The highest BCUT2D eigenvalue weighted by Gasteiger charge is 2.32. The van der Waals surface area contributed by atoms with Gasteiger partial charge in [-0.1, -0.05) is 18.2 Å². The highest BCUT2D eigenvalue weighted by molar-refractivity contribution is 6.61. The van der Waals surface area contributed by atoms with Crippen molar-refractivity contribution in [2.45, 2.75) is 6.18 Å². The summed E-state index contributed by atoms with van der Waals surface area (Å²) in [5, 5.41) is 18.4. The van der Waals surface area contributed by atoms with Gasteiger partial charge in [-0.3, -0.25) is 0 Å². The first-order chi connectivity index (χ1) is 7.89. The van der Waals surface area contributed by atoms with Gasteiger partial charge in [0.2, 0.25) is 0 Å². The van der Waals surface area contributed by atoms with Crippen molar-refractivity contribution in [2.75, 3.05) is 0 Å². The second-order valence-electron chi connectivity index (χ2n) is 3.48. The van der Waals surface area contributed by atoms with Crippen molar-refractivity contribution in [3.8, 4) is 0 Å². The van der Waals surface area contributed by atoms with Crippen molar-refractivity contribution in [3.63, 3.8) is 0 Å². The predicted molar refractivity (Wildman–Crippen MR) is 56.6 cm³/mol. The monoisotopic (exact) mass is 241 g/mol. The lowest BCUT2D eigenvalue weighted by Crippen LogP contribution is -2.30. The first-order valence-corrected chi connectivity index (χ1v) is 4.72. The second kappa shape index (κ2) is 4.01. The Labute approximate surface area is 94.7 Å². The molecule has 2 N–H and O–H groups in total. The minimum atomic E-state index is -4.51. The van der Waals surface area contributed by atoms with E-state index in [9.17, 15) is 13.2 Å². The van der Waals surface area contributed by atoms with Crippen LogP contribution < -0.4 is 5.46 Å². The fraction of sp³-hybridized carbons (Fsp3) is 0.100. The summed E-state index contributed by atoms with van der Waals surface area (Å²) in [6.07, 6.45) is -4.51. The number of pyridine rings is 1. The molecule has 0 aliphatic rings. The first-order valence-electron chi connectivity index (χ1n) is 4.72. The summed E-state index contributed by atoms with van der Waals surface area (Å²) in [4.78, 5) is 3.44. The van der Waals surface area contributed by atoms with Crippen LogP contribution in [0.3, 0.4) is 0 Å². The van der Waals surface area contributed by atoms with E-state index >= 15 is 0 Å². The third-order valence-corrected chi connectivity index (χ3v) is 2.33. The van der Waals surface area contributed by atoms with Crippen LogP contribution in [0.5, 0.6) is 0 Å². The Hall–Kier alpha value is -1.60. The fourth-order valence-electron chi connectivity index (χ4n) is 1.56. The van der Waals surface area contributed by atoms with Gasteiger partial charge in [0.25, 0.3) is 0 Å². The maximum absolute atomic E-state index is 12.4. The minimum Gasteiger partial charge on any atom is -0.423 e. The predicted octanol–water partition coefficient (Wildman–Crippen LogP) is 0.933. The number of hydrogen-bond acceptors (Lipinski definition) is 3. The maximum Gasteiger partial charge on any atom is 0.489 e. The molecule has 17 heavy (non-hydrogen) atoms. The molecule has 0 aliphatic heterocycles. The SMILES string of the molecule is OB(O)c1cccc2nc(C(F)(F)F)ccc12. The highest BCUT2D eigenvalue weighted by Crippen LogP contribution is 2.28. The second-order valence-corrected chi connectivity index (χ2v) is 3.48. The molecule has 0 bridgehead atoms. The zero-order valence-electron chi connectivity index (χ0n) is 8.44. The van der Waals surface area contributed by atoms with Gasteiger partial charge in [-0.2, -0.15) is 13.2 Å². The van der Waals surface area contributed by atoms with E-state index in [0.717, 1.165) is 6.07 Å². The molecule has 0 saturated heterocycles. The molecule has 7 heteroatoms. The standard InChI is InChI=1S/C10H7BF3NO2/c12-10(13,14)9-5-4-6-7(11(16)17)2-1-3-8(6)15-9/h1-5,16-17H. The van der Waals surface area contributed by atoms with E-state index in [1.807, 2.05) is 0 Å². The van der Waals surface area contributed by atoms with E-state index in [0.29, 0.717) is 0 Å². The lowest BCUT2D eigenvalue weighted by Gasteiger charge is -2.09. The van der Waals surface area contributed by atoms with Crippen molar-refractivity contribution in [3.05, 3.63) is 36.0 Å². The molecule has 88 valence electrons. The van der Waals surface area contributed by atoms with Crippen molar-refractivity contribution >= 4 is 23.5 Å². The topological polar surface area (TPSA) is 53.4 Å². The Morgan fingerprint density at radius 1 is 1.06 bits per heavy atom. The van der Waals surface area contributed by atoms with Crippen molar-refractivity contribution in [2.24, 2.45) is 0 Å². The maximum atomic E-state index is 12.4. The minimum absolute atomic E-state index is 0.0745. The molecular formula is C10H7BF3NO2. The number of nitrogens with zero attached hydrogens (tertiary/aromatic N) is 1. The average Bonchev–Trinajstić information content (AvgIpc) is 2.26. The van der Waals surface area contributed by atoms with Crippen LogP contribution in [0.2, 0.25) is 0 Å². The third-order valence-electron chi connectivity index (χ3n) is 2.33. The summed E-state index contributed by atoms with van der Waals surface area (Å²) >= 11 is 0. The average molecular weight is 241 g/mol. The van der Waals surface area contributed by atoms with Gasteiger partial charge >= 0.3 is 13.3 Å². The summed E-state index contributed by atoms with van der Waals surface area (Å²) < 4.78 is 37.2. The van der Waals surface area contributed by atoms with Crippen LogP contribution in [0.4, 0.5) is 13.2 Å². The van der Waals surface area contributed by atoms with Gasteiger partial charge in [0.05, 0.1) is 5.52 Å². The van der Waals surface area contributed by atoms with E-state index in [-0.39, 0.29) is 16.4 Å². The quantitative estimate of drug-likeness (QED) is 0.730. The Morgan fingerprint density at radius 3 is 2.35 bits per heavy atom. The van der Waals surface area contributed by atoms with Gasteiger partial charge in [-0.05, 0) is 23.0 Å². The fourth-order valence-corrected chi connectivity index (χ4v) is 1.56. The molecule has 0 amide bonds. The highest BCUT2D eigenvalue weighted by atomic mass is 19.4. The van der Waals surface area contributed by atoms with E-state index in [2.05, 4.69) is 4.98 Å². The Morgan fingerprint density at radius 2 is 1.76 bits per heavy atom. The number of halogens is 3. The molecule has 0 atom stereocenters. The van der Waals surface area contributed by atoms with Gasteiger partial charge in [0, 0.05) is 0 Å². The van der Waals surface area contributed by atoms with Crippen molar-refractivity contribution in [1.29, 1.82) is 0 Å². The molecular weight excluding hydrogens is 234 g/mol. The zero-order valence-corrected chi connectivity index (χ0v) is 8.44. The van der Waals surface area contributed by atoms with Crippen LogP contribution in [-0.4, -0.2) is 22.2 Å². The number of fused-ring (bicyclic) bond motifs is 1. The lowest BCUT2D eigenvalue weighted by atomic mass is 9.78. The van der Waals surface area contributed by atoms with Crippen molar-refractivity contribution in [1.82, 2.24) is 4.98 Å². The van der Waals surface area contributed by atoms with E-state index in [4.69, 9.17) is 10.0 Å². The summed E-state index contributed by atoms with van der Waals surface area (Å²) in [7, 11) is -1.74. The zero-order chi connectivity index (χ0) is 12.6. The molecule has 0 aliphatic carbocycles. The van der Waals surface area contributed by atoms with Crippen LogP contribution >= 0.6 is 0 Å². The van der Waals surface area contributed by atoms with Gasteiger partial charge in [0.1, 0.15) is 5.69 Å². The number of aromatic nitrogens is 1. The van der Waals surface area contributed by atoms with Crippen LogP contribution in [0.1, 0.15) is 5.69 Å². The molecule has 2 rings (SSSR count). The van der Waals surface area contributed by atoms with E-state index in [1.165, 1.54) is 24.3 Å². The smallest absolute Gasteiger partial charge is 0.423 e.